The van der Waals surface area contributed by atoms with Crippen molar-refractivity contribution in [2.75, 3.05) is 13.1 Å². The van der Waals surface area contributed by atoms with Gasteiger partial charge in [0.05, 0.1) is 10.4 Å². The van der Waals surface area contributed by atoms with Gasteiger partial charge in [0.1, 0.15) is 0 Å². The molecule has 0 aromatic heterocycles. The number of likely N-dealkylation sites (tertiary alicyclic amines) is 1. The van der Waals surface area contributed by atoms with Crippen LogP contribution in [0.3, 0.4) is 0 Å². The Labute approximate surface area is 109 Å². The van der Waals surface area contributed by atoms with Crippen LogP contribution in [0.25, 0.3) is 0 Å². The van der Waals surface area contributed by atoms with E-state index in [9.17, 15) is 4.79 Å². The smallest absolute Gasteiger partial charge is 0.235 e. The molecule has 3 nitrogen and oxygen atoms in total. The zero-order chi connectivity index (χ0) is 12.8. The molecule has 1 aliphatic carbocycles. The van der Waals surface area contributed by atoms with E-state index in [0.717, 1.165) is 32.4 Å². The fourth-order valence-electron chi connectivity index (χ4n) is 3.20. The summed E-state index contributed by atoms with van der Waals surface area (Å²) in [6.45, 7) is 8.25. The average Bonchev–Trinajstić information content (AvgIpc) is 2.52. The van der Waals surface area contributed by atoms with Gasteiger partial charge >= 0.3 is 0 Å². The van der Waals surface area contributed by atoms with Gasteiger partial charge in [0, 0.05) is 13.1 Å². The minimum Gasteiger partial charge on any atom is -0.392 e. The second-order valence-electron chi connectivity index (χ2n) is 6.60. The molecular weight excluding hydrogens is 232 g/mol. The van der Waals surface area contributed by atoms with Crippen molar-refractivity contribution >= 4 is 23.1 Å². The first-order valence-corrected chi connectivity index (χ1v) is 6.77. The molecule has 2 aliphatic rings. The Morgan fingerprint density at radius 1 is 1.41 bits per heavy atom. The molecule has 0 atom stereocenters. The predicted molar refractivity (Wildman–Crippen MR) is 72.6 cm³/mol. The Balaban J connectivity index is 2.12. The molecule has 96 valence electrons. The number of rotatable bonds is 2. The quantitative estimate of drug-likeness (QED) is 0.766. The highest BCUT2D eigenvalue weighted by Crippen LogP contribution is 2.48. The highest BCUT2D eigenvalue weighted by Gasteiger charge is 2.53. The lowest BCUT2D eigenvalue weighted by molar-refractivity contribution is -0.143. The van der Waals surface area contributed by atoms with Gasteiger partial charge in [-0.15, -0.1) is 0 Å². The van der Waals surface area contributed by atoms with Crippen molar-refractivity contribution in [2.24, 2.45) is 22.5 Å². The van der Waals surface area contributed by atoms with Crippen molar-refractivity contribution in [2.45, 2.75) is 40.0 Å². The van der Waals surface area contributed by atoms with Gasteiger partial charge in [-0.25, -0.2) is 0 Å². The summed E-state index contributed by atoms with van der Waals surface area (Å²) in [6, 6.07) is 0. The molecule has 0 aromatic carbocycles. The zero-order valence-corrected chi connectivity index (χ0v) is 11.8. The second-order valence-corrected chi connectivity index (χ2v) is 7.04. The summed E-state index contributed by atoms with van der Waals surface area (Å²) >= 11 is 5.13. The molecule has 0 spiro atoms. The number of nitrogens with zero attached hydrogens (tertiary/aromatic N) is 1. The van der Waals surface area contributed by atoms with E-state index < -0.39 is 5.41 Å². The predicted octanol–water partition coefficient (Wildman–Crippen LogP) is 1.95. The summed E-state index contributed by atoms with van der Waals surface area (Å²) in [7, 11) is 0. The van der Waals surface area contributed by atoms with E-state index in [1.165, 1.54) is 0 Å². The maximum absolute atomic E-state index is 12.6. The Morgan fingerprint density at radius 2 is 2.00 bits per heavy atom. The highest BCUT2D eigenvalue weighted by molar-refractivity contribution is 7.80. The molecule has 1 amide bonds. The van der Waals surface area contributed by atoms with Crippen LogP contribution in [0.4, 0.5) is 0 Å². The van der Waals surface area contributed by atoms with Crippen LogP contribution in [0, 0.1) is 16.7 Å². The second kappa shape index (κ2) is 3.94. The van der Waals surface area contributed by atoms with Crippen LogP contribution in [-0.4, -0.2) is 28.9 Å². The van der Waals surface area contributed by atoms with Crippen molar-refractivity contribution in [1.29, 1.82) is 0 Å². The lowest BCUT2D eigenvalue weighted by Gasteiger charge is -2.46. The van der Waals surface area contributed by atoms with Crippen LogP contribution >= 0.6 is 12.2 Å². The lowest BCUT2D eigenvalue weighted by Crippen LogP contribution is -2.56. The summed E-state index contributed by atoms with van der Waals surface area (Å²) in [5, 5.41) is 0. The van der Waals surface area contributed by atoms with Crippen LogP contribution in [0.15, 0.2) is 0 Å². The minimum absolute atomic E-state index is 0.175. The first-order valence-electron chi connectivity index (χ1n) is 6.36. The van der Waals surface area contributed by atoms with Gasteiger partial charge < -0.3 is 10.6 Å². The van der Waals surface area contributed by atoms with Crippen LogP contribution in [-0.2, 0) is 4.79 Å². The topological polar surface area (TPSA) is 46.3 Å². The molecule has 17 heavy (non-hydrogen) atoms. The fraction of sp³-hybridized carbons (Fsp3) is 0.846. The van der Waals surface area contributed by atoms with Gasteiger partial charge in [0.15, 0.2) is 0 Å². The summed E-state index contributed by atoms with van der Waals surface area (Å²) in [5.41, 5.74) is 5.53. The third kappa shape index (κ3) is 2.07. The van der Waals surface area contributed by atoms with Gasteiger partial charge in [0.2, 0.25) is 5.91 Å². The van der Waals surface area contributed by atoms with Crippen molar-refractivity contribution in [1.82, 2.24) is 4.90 Å². The molecule has 0 unspecified atom stereocenters. The molecule has 1 heterocycles. The molecule has 2 fully saturated rings. The monoisotopic (exact) mass is 254 g/mol. The number of nitrogens with two attached hydrogens (primary N) is 1. The van der Waals surface area contributed by atoms with Crippen LogP contribution < -0.4 is 5.73 Å². The molecular formula is C13H22N2OS. The molecule has 1 aliphatic heterocycles. The summed E-state index contributed by atoms with van der Waals surface area (Å²) in [5.74, 6) is 0.740. The standard InChI is InChI=1S/C13H22N2OS/c1-9-6-13(7-9,10(14)17)11(16)15-5-4-12(2,3)8-15/h9H,4-8H2,1-3H3,(H2,14,17). The molecule has 4 heteroatoms. The molecule has 0 bridgehead atoms. The lowest BCUT2D eigenvalue weighted by atomic mass is 9.61. The van der Waals surface area contributed by atoms with E-state index in [2.05, 4.69) is 20.8 Å². The van der Waals surface area contributed by atoms with Crippen molar-refractivity contribution in [3.05, 3.63) is 0 Å². The van der Waals surface area contributed by atoms with Gasteiger partial charge in [-0.05, 0) is 30.6 Å². The summed E-state index contributed by atoms with van der Waals surface area (Å²) < 4.78 is 0. The van der Waals surface area contributed by atoms with Gasteiger partial charge in [-0.1, -0.05) is 33.0 Å². The maximum atomic E-state index is 12.6. The maximum Gasteiger partial charge on any atom is 0.235 e. The number of amides is 1. The first kappa shape index (κ1) is 12.8. The van der Waals surface area contributed by atoms with E-state index >= 15 is 0 Å². The number of hydrogen-bond donors (Lipinski definition) is 1. The van der Waals surface area contributed by atoms with Gasteiger partial charge in [-0.3, -0.25) is 4.79 Å². The number of hydrogen-bond acceptors (Lipinski definition) is 2. The van der Waals surface area contributed by atoms with Gasteiger partial charge in [-0.2, -0.15) is 0 Å². The van der Waals surface area contributed by atoms with Crippen molar-refractivity contribution in [3.8, 4) is 0 Å². The molecule has 0 radical (unpaired) electrons. The Kier molecular flexibility index (Phi) is 2.97. The normalized spacial score (nSPS) is 35.5. The molecule has 1 saturated heterocycles. The number of thiocarbonyl (C=S) groups is 1. The van der Waals surface area contributed by atoms with Crippen LogP contribution in [0.2, 0.25) is 0 Å². The fourth-order valence-corrected chi connectivity index (χ4v) is 3.45. The Morgan fingerprint density at radius 3 is 2.35 bits per heavy atom. The minimum atomic E-state index is -0.519. The van der Waals surface area contributed by atoms with Crippen LogP contribution in [0.5, 0.6) is 0 Å². The summed E-state index contributed by atoms with van der Waals surface area (Å²) in [6.07, 6.45) is 2.73. The third-order valence-electron chi connectivity index (χ3n) is 4.24. The number of carbonyl (C=O) groups is 1. The molecule has 2 N–H and O–H groups in total. The third-order valence-corrected chi connectivity index (χ3v) is 4.63. The van der Waals surface area contributed by atoms with E-state index in [1.807, 2.05) is 4.90 Å². The number of carbonyl (C=O) groups excluding carboxylic acids is 1. The highest BCUT2D eigenvalue weighted by atomic mass is 32.1. The van der Waals surface area contributed by atoms with E-state index in [4.69, 9.17) is 18.0 Å². The van der Waals surface area contributed by atoms with E-state index in [-0.39, 0.29) is 11.3 Å². The first-order chi connectivity index (χ1) is 7.77. The van der Waals surface area contributed by atoms with E-state index in [1.54, 1.807) is 0 Å². The molecule has 2 rings (SSSR count). The van der Waals surface area contributed by atoms with E-state index in [0.29, 0.717) is 10.9 Å². The van der Waals surface area contributed by atoms with Crippen LogP contribution in [0.1, 0.15) is 40.0 Å². The Bertz CT molecular complexity index is 358. The SMILES string of the molecule is CC1CC(C(=O)N2CCC(C)(C)C2)(C(N)=S)C1. The zero-order valence-electron chi connectivity index (χ0n) is 11.0. The average molecular weight is 254 g/mol. The summed E-state index contributed by atoms with van der Waals surface area (Å²) in [4.78, 5) is 14.9. The Hall–Kier alpha value is -0.640. The van der Waals surface area contributed by atoms with Gasteiger partial charge in [0.25, 0.3) is 0 Å². The van der Waals surface area contributed by atoms with Crippen molar-refractivity contribution in [3.63, 3.8) is 0 Å². The molecule has 1 saturated carbocycles. The van der Waals surface area contributed by atoms with Crippen molar-refractivity contribution < 1.29 is 4.79 Å². The largest absolute Gasteiger partial charge is 0.392 e. The molecule has 0 aromatic rings.